The van der Waals surface area contributed by atoms with Gasteiger partial charge in [-0.2, -0.15) is 26.3 Å². The van der Waals surface area contributed by atoms with Gasteiger partial charge in [0.1, 0.15) is 47.7 Å². The molecule has 0 N–H and O–H groups in total. The SMILES string of the molecule is CC(C)CC(C(=O)O[C@H](C)C(=O)N(C)[C@@H](CC(C)(C)F)C(=O)O[C@H](Cc1ccc(C(F)(F)F)cc1)C(=O)N(C)[C@@H](CC(C)C)C(=O)OCCCC(=O)OCc1ccccc1)N(C)C(=O)[C@@H](Cc1ccc(C(F)(F)F)cc1)OC(=O)[C@H](CC(C)(C)F)N(C)C(=O)OC(C)(C)C. The highest BCUT2D eigenvalue weighted by atomic mass is 19.4. The van der Waals surface area contributed by atoms with Gasteiger partial charge in [0.2, 0.25) is 0 Å². The van der Waals surface area contributed by atoms with E-state index in [1.807, 2.05) is 0 Å². The molecular weight excluding hydrogens is 1250 g/mol. The van der Waals surface area contributed by atoms with Gasteiger partial charge in [-0.05, 0) is 127 Å². The molecule has 524 valence electrons. The van der Waals surface area contributed by atoms with Crippen molar-refractivity contribution in [2.24, 2.45) is 11.8 Å². The van der Waals surface area contributed by atoms with E-state index in [-0.39, 0.29) is 55.9 Å². The van der Waals surface area contributed by atoms with Crippen LogP contribution in [0.1, 0.15) is 149 Å². The smallest absolute Gasteiger partial charge is 0.416 e. The number of esters is 5. The predicted molar refractivity (Wildman–Crippen MR) is 328 cm³/mol. The van der Waals surface area contributed by atoms with Gasteiger partial charge in [0, 0.05) is 60.3 Å². The average molecular weight is 1340 g/mol. The zero-order valence-electron chi connectivity index (χ0n) is 56.2. The van der Waals surface area contributed by atoms with E-state index < -0.39 is 168 Å². The standard InChI is InChI=1S/C67H90F8N4O15/c1-40(2)33-48(58(84)89-32-20-23-54(80)90-39-45-21-18-17-19-22-45)76(13)56(82)52(35-43-24-28-46(29-25-43)66(70,71)72)92-60(86)50(37-64(9,10)68)78(15)55(81)42(5)91-59(85)49(34-41(3)4)77(14)57(83)53(36-44-26-30-47(31-27-44)67(73,74)75)93-61(87)51(38-65(11,12)69)79(16)62(88)94-63(6,7)8/h17-19,21-22,24-31,40-42,48-53H,20,23,32-39H2,1-16H3/t42-,48+,49?,50+,51+,52-,53-/m1/s1. The second kappa shape index (κ2) is 34.5. The van der Waals surface area contributed by atoms with Gasteiger partial charge < -0.3 is 43.1 Å². The van der Waals surface area contributed by atoms with Gasteiger partial charge in [-0.15, -0.1) is 0 Å². The summed E-state index contributed by atoms with van der Waals surface area (Å²) < 4.78 is 147. The molecule has 0 saturated carbocycles. The van der Waals surface area contributed by atoms with E-state index >= 15 is 8.78 Å². The van der Waals surface area contributed by atoms with Crippen molar-refractivity contribution in [1.29, 1.82) is 0 Å². The maximum absolute atomic E-state index is 15.9. The Bertz CT molecular complexity index is 3020. The molecular formula is C67H90F8N4O15. The third-order valence-electron chi connectivity index (χ3n) is 14.6. The number of carbonyl (C=O) groups is 9. The van der Waals surface area contributed by atoms with Crippen molar-refractivity contribution in [3.05, 3.63) is 107 Å². The molecule has 7 atom stereocenters. The van der Waals surface area contributed by atoms with Gasteiger partial charge in [-0.1, -0.05) is 82.3 Å². The van der Waals surface area contributed by atoms with Crippen LogP contribution in [0.5, 0.6) is 0 Å². The number of alkyl halides is 8. The summed E-state index contributed by atoms with van der Waals surface area (Å²) in [5.41, 5.74) is -6.86. The molecule has 94 heavy (non-hydrogen) atoms. The van der Waals surface area contributed by atoms with E-state index in [4.69, 9.17) is 28.4 Å². The fraction of sp³-hybridized carbons (Fsp3) is 0.597. The molecule has 4 amide bonds. The molecule has 0 aromatic heterocycles. The lowest BCUT2D eigenvalue weighted by atomic mass is 9.98. The number of ether oxygens (including phenoxy) is 6. The lowest BCUT2D eigenvalue weighted by Gasteiger charge is -2.35. The molecule has 3 aromatic rings. The zero-order valence-corrected chi connectivity index (χ0v) is 56.2. The first-order valence-corrected chi connectivity index (χ1v) is 30.6. The first-order chi connectivity index (χ1) is 43.2. The van der Waals surface area contributed by atoms with Crippen molar-refractivity contribution in [3.8, 4) is 0 Å². The zero-order chi connectivity index (χ0) is 71.6. The number of halogens is 8. The van der Waals surface area contributed by atoms with E-state index in [9.17, 15) is 69.5 Å². The van der Waals surface area contributed by atoms with E-state index in [1.54, 1.807) is 58.0 Å². The minimum Gasteiger partial charge on any atom is -0.464 e. The van der Waals surface area contributed by atoms with Gasteiger partial charge in [0.25, 0.3) is 17.7 Å². The molecule has 3 aromatic carbocycles. The Balaban J connectivity index is 2.01. The maximum atomic E-state index is 15.9. The highest BCUT2D eigenvalue weighted by Crippen LogP contribution is 2.32. The van der Waals surface area contributed by atoms with Crippen LogP contribution in [0.25, 0.3) is 0 Å². The number of nitrogens with zero attached hydrogens (tertiary/aromatic N) is 4. The van der Waals surface area contributed by atoms with Crippen LogP contribution < -0.4 is 0 Å². The normalized spacial score (nSPS) is 14.4. The minimum absolute atomic E-state index is 0.0124. The fourth-order valence-electron chi connectivity index (χ4n) is 9.54. The molecule has 0 radical (unpaired) electrons. The van der Waals surface area contributed by atoms with E-state index in [1.165, 1.54) is 27.8 Å². The monoisotopic (exact) mass is 1340 g/mol. The molecule has 3 rings (SSSR count). The first-order valence-electron chi connectivity index (χ1n) is 30.6. The Morgan fingerprint density at radius 1 is 0.447 bits per heavy atom. The van der Waals surface area contributed by atoms with Crippen LogP contribution in [-0.2, 0) is 98.6 Å². The molecule has 0 fully saturated rings. The van der Waals surface area contributed by atoms with Gasteiger partial charge in [-0.3, -0.25) is 24.1 Å². The van der Waals surface area contributed by atoms with Crippen molar-refractivity contribution in [2.75, 3.05) is 34.8 Å². The third-order valence-corrected chi connectivity index (χ3v) is 14.6. The van der Waals surface area contributed by atoms with Crippen LogP contribution in [-0.4, -0.2) is 167 Å². The minimum atomic E-state index is -4.77. The number of hydrogen-bond acceptors (Lipinski definition) is 15. The van der Waals surface area contributed by atoms with Crippen molar-refractivity contribution in [3.63, 3.8) is 0 Å². The summed E-state index contributed by atoms with van der Waals surface area (Å²) >= 11 is 0. The van der Waals surface area contributed by atoms with Gasteiger partial charge in [0.05, 0.1) is 17.7 Å². The Hall–Kier alpha value is -7.87. The van der Waals surface area contributed by atoms with E-state index in [0.29, 0.717) is 17.0 Å². The number of rotatable bonds is 32. The van der Waals surface area contributed by atoms with Crippen LogP contribution in [0, 0.1) is 11.8 Å². The summed E-state index contributed by atoms with van der Waals surface area (Å²) in [4.78, 5) is 130. The van der Waals surface area contributed by atoms with Crippen LogP contribution in [0.2, 0.25) is 0 Å². The van der Waals surface area contributed by atoms with Crippen molar-refractivity contribution >= 4 is 53.7 Å². The van der Waals surface area contributed by atoms with Crippen LogP contribution in [0.15, 0.2) is 78.9 Å². The quantitative estimate of drug-likeness (QED) is 0.0245. The Kier molecular flexibility index (Phi) is 29.5. The Labute approximate surface area is 544 Å². The second-order valence-electron chi connectivity index (χ2n) is 26.3. The predicted octanol–water partition coefficient (Wildman–Crippen LogP) is 11.4. The van der Waals surface area contributed by atoms with Crippen molar-refractivity contribution < 1.29 is 107 Å². The molecule has 0 heterocycles. The topological polar surface area (TPSA) is 222 Å². The van der Waals surface area contributed by atoms with E-state index in [0.717, 1.165) is 112 Å². The summed E-state index contributed by atoms with van der Waals surface area (Å²) in [7, 11) is 4.46. The average Bonchev–Trinajstić information content (AvgIpc) is 0.886. The number of hydrogen-bond donors (Lipinski definition) is 0. The highest BCUT2D eigenvalue weighted by Gasteiger charge is 2.44. The molecule has 0 aliphatic heterocycles. The lowest BCUT2D eigenvalue weighted by molar-refractivity contribution is -0.174. The number of likely N-dealkylation sites (N-methyl/N-ethyl adjacent to an activating group) is 4. The number of carbonyl (C=O) groups excluding carboxylic acids is 9. The Morgan fingerprint density at radius 2 is 0.830 bits per heavy atom. The number of amides is 4. The summed E-state index contributed by atoms with van der Waals surface area (Å²) in [5, 5.41) is 0. The van der Waals surface area contributed by atoms with Crippen molar-refractivity contribution in [1.82, 2.24) is 19.6 Å². The second-order valence-corrected chi connectivity index (χ2v) is 26.3. The molecule has 27 heteroatoms. The van der Waals surface area contributed by atoms with Crippen LogP contribution in [0.4, 0.5) is 39.9 Å². The molecule has 0 bridgehead atoms. The first kappa shape index (κ1) is 80.4. The summed E-state index contributed by atoms with van der Waals surface area (Å²) in [6.45, 7) is 16.5. The van der Waals surface area contributed by atoms with Gasteiger partial charge in [-0.25, -0.2) is 32.8 Å². The summed E-state index contributed by atoms with van der Waals surface area (Å²) in [6.07, 6.45) is -19.6. The Morgan fingerprint density at radius 3 is 1.21 bits per heavy atom. The molecule has 0 aliphatic rings. The molecule has 0 saturated heterocycles. The van der Waals surface area contributed by atoms with Crippen LogP contribution >= 0.6 is 0 Å². The van der Waals surface area contributed by atoms with E-state index in [2.05, 4.69) is 0 Å². The molecule has 0 aliphatic carbocycles. The van der Waals surface area contributed by atoms with Gasteiger partial charge >= 0.3 is 48.3 Å². The van der Waals surface area contributed by atoms with Gasteiger partial charge in [0.15, 0.2) is 18.3 Å². The molecule has 1 unspecified atom stereocenters. The third kappa shape index (κ3) is 26.9. The number of benzene rings is 3. The molecule has 0 spiro atoms. The fourth-order valence-corrected chi connectivity index (χ4v) is 9.54. The summed E-state index contributed by atoms with van der Waals surface area (Å²) in [5.74, 6) is -9.64. The maximum Gasteiger partial charge on any atom is 0.416 e. The highest BCUT2D eigenvalue weighted by molar-refractivity contribution is 5.93. The van der Waals surface area contributed by atoms with Crippen molar-refractivity contribution in [2.45, 2.75) is 213 Å². The van der Waals surface area contributed by atoms with Crippen LogP contribution in [0.3, 0.4) is 0 Å². The molecule has 19 nitrogen and oxygen atoms in total. The summed E-state index contributed by atoms with van der Waals surface area (Å²) in [6, 6.07) is 9.12. The lowest BCUT2D eigenvalue weighted by Crippen LogP contribution is -2.54. The largest absolute Gasteiger partial charge is 0.464 e.